The summed E-state index contributed by atoms with van der Waals surface area (Å²) in [7, 11) is 1.65. The quantitative estimate of drug-likeness (QED) is 0.272. The van der Waals surface area contributed by atoms with E-state index in [1.165, 1.54) is 0 Å². The number of hydrogen-bond donors (Lipinski definition) is 3. The zero-order valence-corrected chi connectivity index (χ0v) is 16.2. The molecule has 3 N–H and O–H groups in total. The third kappa shape index (κ3) is 7.30. The normalized spacial score (nSPS) is 10.3. The predicted molar refractivity (Wildman–Crippen MR) is 110 cm³/mol. The second-order valence-electron chi connectivity index (χ2n) is 4.96. The SMILES string of the molecule is C#Cc1cccc(NC(=O)CNC(=NC)NCCc2ccco2)c1.I. The van der Waals surface area contributed by atoms with E-state index in [0.717, 1.165) is 17.7 Å². The van der Waals surface area contributed by atoms with Crippen molar-refractivity contribution in [2.45, 2.75) is 6.42 Å². The Bertz CT molecular complexity index is 736. The second-order valence-corrected chi connectivity index (χ2v) is 4.96. The lowest BCUT2D eigenvalue weighted by Gasteiger charge is -2.11. The van der Waals surface area contributed by atoms with Gasteiger partial charge in [-0.15, -0.1) is 30.4 Å². The van der Waals surface area contributed by atoms with Crippen molar-refractivity contribution < 1.29 is 9.21 Å². The van der Waals surface area contributed by atoms with Gasteiger partial charge >= 0.3 is 0 Å². The van der Waals surface area contributed by atoms with Crippen molar-refractivity contribution in [2.24, 2.45) is 4.99 Å². The van der Waals surface area contributed by atoms with Gasteiger partial charge in [-0.05, 0) is 30.3 Å². The molecule has 1 aromatic heterocycles. The smallest absolute Gasteiger partial charge is 0.243 e. The van der Waals surface area contributed by atoms with Crippen molar-refractivity contribution in [1.82, 2.24) is 10.6 Å². The first-order valence-corrected chi connectivity index (χ1v) is 7.54. The number of anilines is 1. The molecular formula is C18H21IN4O2. The van der Waals surface area contributed by atoms with Crippen LogP contribution in [0.2, 0.25) is 0 Å². The van der Waals surface area contributed by atoms with Crippen molar-refractivity contribution in [1.29, 1.82) is 0 Å². The van der Waals surface area contributed by atoms with Gasteiger partial charge in [0.25, 0.3) is 0 Å². The number of aliphatic imine (C=N–C) groups is 1. The third-order valence-electron chi connectivity index (χ3n) is 3.20. The van der Waals surface area contributed by atoms with Crippen LogP contribution >= 0.6 is 24.0 Å². The van der Waals surface area contributed by atoms with Gasteiger partial charge in [0.1, 0.15) is 5.76 Å². The molecule has 0 saturated carbocycles. The van der Waals surface area contributed by atoms with Crippen molar-refractivity contribution in [3.63, 3.8) is 0 Å². The minimum Gasteiger partial charge on any atom is -0.469 e. The maximum absolute atomic E-state index is 12.0. The number of nitrogens with zero attached hydrogens (tertiary/aromatic N) is 1. The lowest BCUT2D eigenvalue weighted by molar-refractivity contribution is -0.115. The number of terminal acetylenes is 1. The average molecular weight is 452 g/mol. The Hall–Kier alpha value is -2.47. The maximum Gasteiger partial charge on any atom is 0.243 e. The highest BCUT2D eigenvalue weighted by Crippen LogP contribution is 2.09. The molecule has 0 aliphatic rings. The molecule has 0 unspecified atom stereocenters. The number of guanidine groups is 1. The Labute approximate surface area is 164 Å². The summed E-state index contributed by atoms with van der Waals surface area (Å²) in [6.45, 7) is 0.750. The zero-order valence-electron chi connectivity index (χ0n) is 13.9. The van der Waals surface area contributed by atoms with Gasteiger partial charge in [0, 0.05) is 31.3 Å². The summed E-state index contributed by atoms with van der Waals surface area (Å²) in [5.74, 6) is 3.79. The fourth-order valence-electron chi connectivity index (χ4n) is 2.04. The van der Waals surface area contributed by atoms with Crippen LogP contribution < -0.4 is 16.0 Å². The molecule has 1 amide bonds. The maximum atomic E-state index is 12.0. The van der Waals surface area contributed by atoms with Gasteiger partial charge in [-0.25, -0.2) is 0 Å². The highest BCUT2D eigenvalue weighted by Gasteiger charge is 2.05. The third-order valence-corrected chi connectivity index (χ3v) is 3.20. The minimum atomic E-state index is -0.182. The molecule has 0 spiro atoms. The van der Waals surface area contributed by atoms with E-state index >= 15 is 0 Å². The van der Waals surface area contributed by atoms with E-state index in [1.54, 1.807) is 37.6 Å². The first kappa shape index (κ1) is 20.6. The van der Waals surface area contributed by atoms with Gasteiger partial charge in [0.05, 0.1) is 12.8 Å². The monoisotopic (exact) mass is 452 g/mol. The Morgan fingerprint density at radius 2 is 2.12 bits per heavy atom. The molecular weight excluding hydrogens is 431 g/mol. The van der Waals surface area contributed by atoms with Gasteiger partial charge in [0.2, 0.25) is 5.91 Å². The van der Waals surface area contributed by atoms with Crippen LogP contribution in [0.4, 0.5) is 5.69 Å². The molecule has 0 radical (unpaired) electrons. The molecule has 2 aromatic rings. The summed E-state index contributed by atoms with van der Waals surface area (Å²) in [5, 5.41) is 8.85. The van der Waals surface area contributed by atoms with Gasteiger partial charge in [-0.1, -0.05) is 12.0 Å². The number of hydrogen-bond acceptors (Lipinski definition) is 3. The molecule has 0 aliphatic carbocycles. The summed E-state index contributed by atoms with van der Waals surface area (Å²) in [4.78, 5) is 16.0. The van der Waals surface area contributed by atoms with Gasteiger partial charge in [-0.2, -0.15) is 0 Å². The molecule has 132 valence electrons. The van der Waals surface area contributed by atoms with E-state index in [1.807, 2.05) is 12.1 Å². The molecule has 1 aromatic carbocycles. The van der Waals surface area contributed by atoms with Crippen molar-refractivity contribution in [3.8, 4) is 12.3 Å². The van der Waals surface area contributed by atoms with Crippen LogP contribution in [0.15, 0.2) is 52.1 Å². The van der Waals surface area contributed by atoms with Crippen LogP contribution in [0.25, 0.3) is 0 Å². The second kappa shape index (κ2) is 11.1. The molecule has 0 bridgehead atoms. The summed E-state index contributed by atoms with van der Waals surface area (Å²) in [5.41, 5.74) is 1.38. The van der Waals surface area contributed by atoms with Crippen LogP contribution in [0.5, 0.6) is 0 Å². The van der Waals surface area contributed by atoms with Crippen LogP contribution in [0.3, 0.4) is 0 Å². The van der Waals surface area contributed by atoms with Gasteiger partial charge < -0.3 is 20.4 Å². The van der Waals surface area contributed by atoms with E-state index < -0.39 is 0 Å². The van der Waals surface area contributed by atoms with Crippen LogP contribution in [-0.4, -0.2) is 32.0 Å². The summed E-state index contributed by atoms with van der Waals surface area (Å²) in [6, 6.07) is 10.9. The molecule has 0 aliphatic heterocycles. The lowest BCUT2D eigenvalue weighted by atomic mass is 10.2. The standard InChI is InChI=1S/C18H20N4O2.HI/c1-3-14-6-4-7-15(12-14)22-17(23)13-21-18(19-2)20-10-9-16-8-5-11-24-16;/h1,4-8,11-12H,9-10,13H2,2H3,(H,22,23)(H2,19,20,21);1H. The largest absolute Gasteiger partial charge is 0.469 e. The number of carbonyl (C=O) groups excluding carboxylic acids is 1. The van der Waals surface area contributed by atoms with Crippen molar-refractivity contribution in [3.05, 3.63) is 54.0 Å². The van der Waals surface area contributed by atoms with E-state index in [0.29, 0.717) is 18.2 Å². The molecule has 6 nitrogen and oxygen atoms in total. The fraction of sp³-hybridized carbons (Fsp3) is 0.222. The van der Waals surface area contributed by atoms with Gasteiger partial charge in [-0.3, -0.25) is 9.79 Å². The van der Waals surface area contributed by atoms with E-state index in [4.69, 9.17) is 10.8 Å². The van der Waals surface area contributed by atoms with Crippen LogP contribution in [0.1, 0.15) is 11.3 Å². The van der Waals surface area contributed by atoms with Crippen molar-refractivity contribution in [2.75, 3.05) is 25.5 Å². The van der Waals surface area contributed by atoms with Crippen LogP contribution in [-0.2, 0) is 11.2 Å². The number of carbonyl (C=O) groups is 1. The number of nitrogens with one attached hydrogen (secondary N) is 3. The molecule has 0 fully saturated rings. The molecule has 7 heteroatoms. The summed E-state index contributed by atoms with van der Waals surface area (Å²) in [6.07, 6.45) is 7.72. The van der Waals surface area contributed by atoms with E-state index in [9.17, 15) is 4.79 Å². The number of benzene rings is 1. The number of furan rings is 1. The molecule has 0 saturated heterocycles. The molecule has 2 rings (SSSR count). The first-order valence-electron chi connectivity index (χ1n) is 7.54. The molecule has 1 heterocycles. The Balaban J connectivity index is 0.00000312. The van der Waals surface area contributed by atoms with Crippen molar-refractivity contribution >= 4 is 41.5 Å². The topological polar surface area (TPSA) is 78.7 Å². The Morgan fingerprint density at radius 3 is 2.80 bits per heavy atom. The Morgan fingerprint density at radius 1 is 1.28 bits per heavy atom. The van der Waals surface area contributed by atoms with Gasteiger partial charge in [0.15, 0.2) is 5.96 Å². The number of halogens is 1. The molecule has 0 atom stereocenters. The molecule has 25 heavy (non-hydrogen) atoms. The Kier molecular flexibility index (Phi) is 9.17. The van der Waals surface area contributed by atoms with E-state index in [2.05, 4.69) is 26.9 Å². The fourth-order valence-corrected chi connectivity index (χ4v) is 2.04. The first-order chi connectivity index (χ1) is 11.7. The average Bonchev–Trinajstić information content (AvgIpc) is 3.11. The lowest BCUT2D eigenvalue weighted by Crippen LogP contribution is -2.42. The summed E-state index contributed by atoms with van der Waals surface area (Å²) >= 11 is 0. The highest BCUT2D eigenvalue weighted by atomic mass is 127. The highest BCUT2D eigenvalue weighted by molar-refractivity contribution is 14.0. The summed E-state index contributed by atoms with van der Waals surface area (Å²) < 4.78 is 5.25. The predicted octanol–water partition coefficient (Wildman–Crippen LogP) is 2.23. The number of rotatable bonds is 6. The van der Waals surface area contributed by atoms with E-state index in [-0.39, 0.29) is 36.4 Å². The minimum absolute atomic E-state index is 0. The zero-order chi connectivity index (χ0) is 17.2. The number of amides is 1. The van der Waals surface area contributed by atoms with Crippen LogP contribution in [0, 0.1) is 12.3 Å².